The van der Waals surface area contributed by atoms with Crippen LogP contribution in [-0.4, -0.2) is 28.2 Å². The number of aryl methyl sites for hydroxylation is 2. The highest BCUT2D eigenvalue weighted by molar-refractivity contribution is 5.85. The fourth-order valence-electron chi connectivity index (χ4n) is 5.56. The summed E-state index contributed by atoms with van der Waals surface area (Å²) in [4.78, 5) is 11.7. The van der Waals surface area contributed by atoms with Crippen molar-refractivity contribution in [2.45, 2.75) is 12.8 Å². The maximum Gasteiger partial charge on any atom is 0.144 e. The first-order chi connectivity index (χ1) is 18.7. The zero-order chi connectivity index (χ0) is 25.5. The van der Waals surface area contributed by atoms with E-state index in [0.29, 0.717) is 0 Å². The lowest BCUT2D eigenvalue weighted by Crippen LogP contribution is -2.22. The first-order valence-electron chi connectivity index (χ1n) is 13.1. The van der Waals surface area contributed by atoms with Gasteiger partial charge in [-0.05, 0) is 66.4 Å². The SMILES string of the molecule is CN1C=CN(c2cccc(N3c4ccccc4CCc4ccc(-c5nccn5-c5ccccc5)cc43)c2)C1. The molecule has 5 nitrogen and oxygen atoms in total. The van der Waals surface area contributed by atoms with Crippen molar-refractivity contribution < 1.29 is 0 Å². The Bertz CT molecular complexity index is 1630. The highest BCUT2D eigenvalue weighted by Crippen LogP contribution is 2.44. The van der Waals surface area contributed by atoms with Crippen LogP contribution in [0.4, 0.5) is 22.7 Å². The van der Waals surface area contributed by atoms with Crippen LogP contribution in [0, 0.1) is 0 Å². The minimum absolute atomic E-state index is 0.850. The molecule has 2 aliphatic rings. The van der Waals surface area contributed by atoms with Gasteiger partial charge in [-0.3, -0.25) is 4.57 Å². The van der Waals surface area contributed by atoms with E-state index in [1.807, 2.05) is 18.5 Å². The number of aromatic nitrogens is 2. The number of hydrogen-bond donors (Lipinski definition) is 0. The summed E-state index contributed by atoms with van der Waals surface area (Å²) in [5.41, 5.74) is 9.70. The minimum Gasteiger partial charge on any atom is -0.361 e. The lowest BCUT2D eigenvalue weighted by Gasteiger charge is -2.29. The second-order valence-electron chi connectivity index (χ2n) is 9.95. The third kappa shape index (κ3) is 3.93. The van der Waals surface area contributed by atoms with Gasteiger partial charge < -0.3 is 14.7 Å². The second kappa shape index (κ2) is 9.27. The van der Waals surface area contributed by atoms with Gasteiger partial charge in [0, 0.05) is 60.2 Å². The molecule has 0 atom stereocenters. The molecule has 5 heteroatoms. The normalized spacial score (nSPS) is 14.4. The van der Waals surface area contributed by atoms with Gasteiger partial charge in [-0.1, -0.05) is 54.6 Å². The van der Waals surface area contributed by atoms with Gasteiger partial charge in [0.25, 0.3) is 0 Å². The van der Waals surface area contributed by atoms with E-state index >= 15 is 0 Å². The highest BCUT2D eigenvalue weighted by atomic mass is 15.3. The van der Waals surface area contributed by atoms with Crippen LogP contribution in [0.2, 0.25) is 0 Å². The van der Waals surface area contributed by atoms with Crippen molar-refractivity contribution in [1.82, 2.24) is 14.5 Å². The van der Waals surface area contributed by atoms with Crippen molar-refractivity contribution in [2.24, 2.45) is 0 Å². The summed E-state index contributed by atoms with van der Waals surface area (Å²) in [6, 6.07) is 34.9. The molecular weight excluding hydrogens is 466 g/mol. The number of nitrogens with zero attached hydrogens (tertiary/aromatic N) is 5. The fraction of sp³-hybridized carbons (Fsp3) is 0.121. The van der Waals surface area contributed by atoms with Crippen molar-refractivity contribution in [3.8, 4) is 17.1 Å². The van der Waals surface area contributed by atoms with Gasteiger partial charge in [0.05, 0.1) is 12.4 Å². The number of anilines is 4. The van der Waals surface area contributed by atoms with Crippen LogP contribution >= 0.6 is 0 Å². The Morgan fingerprint density at radius 2 is 1.42 bits per heavy atom. The van der Waals surface area contributed by atoms with Crippen LogP contribution in [0.3, 0.4) is 0 Å². The molecule has 186 valence electrons. The maximum atomic E-state index is 4.78. The molecule has 4 aromatic carbocycles. The van der Waals surface area contributed by atoms with Gasteiger partial charge in [-0.2, -0.15) is 0 Å². The average Bonchev–Trinajstić information content (AvgIpc) is 3.60. The van der Waals surface area contributed by atoms with Crippen molar-refractivity contribution >= 4 is 22.7 Å². The molecule has 38 heavy (non-hydrogen) atoms. The number of benzene rings is 4. The van der Waals surface area contributed by atoms with Crippen LogP contribution < -0.4 is 9.80 Å². The van der Waals surface area contributed by atoms with Crippen molar-refractivity contribution in [2.75, 3.05) is 23.5 Å². The lowest BCUT2D eigenvalue weighted by molar-refractivity contribution is 0.496. The van der Waals surface area contributed by atoms with Crippen molar-refractivity contribution in [3.05, 3.63) is 133 Å². The Balaban J connectivity index is 1.38. The minimum atomic E-state index is 0.850. The van der Waals surface area contributed by atoms with Crippen LogP contribution in [0.1, 0.15) is 11.1 Å². The molecule has 7 rings (SSSR count). The molecule has 0 amide bonds. The molecule has 3 heterocycles. The fourth-order valence-corrected chi connectivity index (χ4v) is 5.56. The third-order valence-electron chi connectivity index (χ3n) is 7.45. The Hall–Kier alpha value is -4.77. The number of rotatable bonds is 4. The number of para-hydroxylation sites is 2. The summed E-state index contributed by atoms with van der Waals surface area (Å²) in [6.45, 7) is 0.850. The molecule has 0 radical (unpaired) electrons. The van der Waals surface area contributed by atoms with Crippen LogP contribution in [0.5, 0.6) is 0 Å². The van der Waals surface area contributed by atoms with E-state index in [2.05, 4.69) is 130 Å². The van der Waals surface area contributed by atoms with Gasteiger partial charge >= 0.3 is 0 Å². The van der Waals surface area contributed by atoms with E-state index in [-0.39, 0.29) is 0 Å². The van der Waals surface area contributed by atoms with Gasteiger partial charge in [0.15, 0.2) is 0 Å². The summed E-state index contributed by atoms with van der Waals surface area (Å²) >= 11 is 0. The Morgan fingerprint density at radius 1 is 0.658 bits per heavy atom. The molecular formula is C33H29N5. The molecule has 0 saturated heterocycles. The Labute approximate surface area is 223 Å². The average molecular weight is 496 g/mol. The Morgan fingerprint density at radius 3 is 2.26 bits per heavy atom. The summed E-state index contributed by atoms with van der Waals surface area (Å²) in [5, 5.41) is 0. The maximum absolute atomic E-state index is 4.78. The van der Waals surface area contributed by atoms with Crippen LogP contribution in [-0.2, 0) is 12.8 Å². The molecule has 0 aliphatic carbocycles. The molecule has 2 aliphatic heterocycles. The van der Waals surface area contributed by atoms with E-state index in [9.17, 15) is 0 Å². The Kier molecular flexibility index (Phi) is 5.47. The lowest BCUT2D eigenvalue weighted by atomic mass is 10.0. The largest absolute Gasteiger partial charge is 0.361 e. The van der Waals surface area contributed by atoms with E-state index in [1.54, 1.807) is 0 Å². The predicted octanol–water partition coefficient (Wildman–Crippen LogP) is 7.29. The van der Waals surface area contributed by atoms with Crippen LogP contribution in [0.15, 0.2) is 122 Å². The highest BCUT2D eigenvalue weighted by Gasteiger charge is 2.24. The van der Waals surface area contributed by atoms with Gasteiger partial charge in [-0.25, -0.2) is 4.98 Å². The topological polar surface area (TPSA) is 27.5 Å². The third-order valence-corrected chi connectivity index (χ3v) is 7.45. The molecule has 0 saturated carbocycles. The van der Waals surface area contributed by atoms with E-state index in [1.165, 1.54) is 28.2 Å². The second-order valence-corrected chi connectivity index (χ2v) is 9.95. The zero-order valence-corrected chi connectivity index (χ0v) is 21.4. The number of fused-ring (bicyclic) bond motifs is 2. The summed E-state index contributed by atoms with van der Waals surface area (Å²) in [6.07, 6.45) is 10.2. The summed E-state index contributed by atoms with van der Waals surface area (Å²) in [7, 11) is 2.10. The quantitative estimate of drug-likeness (QED) is 0.262. The van der Waals surface area contributed by atoms with Crippen LogP contribution in [0.25, 0.3) is 17.1 Å². The molecule has 1 aromatic heterocycles. The van der Waals surface area contributed by atoms with E-state index in [0.717, 1.165) is 42.3 Å². The first-order valence-corrected chi connectivity index (χ1v) is 13.1. The molecule has 0 N–H and O–H groups in total. The predicted molar refractivity (Wildman–Crippen MR) is 155 cm³/mol. The molecule has 5 aromatic rings. The number of imidazole rings is 1. The molecule has 0 bridgehead atoms. The van der Waals surface area contributed by atoms with Crippen molar-refractivity contribution in [3.63, 3.8) is 0 Å². The van der Waals surface area contributed by atoms with Crippen molar-refractivity contribution in [1.29, 1.82) is 0 Å². The smallest absolute Gasteiger partial charge is 0.144 e. The number of hydrogen-bond acceptors (Lipinski definition) is 4. The van der Waals surface area contributed by atoms with E-state index < -0.39 is 0 Å². The molecule has 0 fully saturated rings. The summed E-state index contributed by atoms with van der Waals surface area (Å²) in [5.74, 6) is 0.940. The zero-order valence-electron chi connectivity index (χ0n) is 21.4. The van der Waals surface area contributed by atoms with Gasteiger partial charge in [0.2, 0.25) is 0 Å². The monoisotopic (exact) mass is 495 g/mol. The van der Waals surface area contributed by atoms with Gasteiger partial charge in [-0.15, -0.1) is 0 Å². The van der Waals surface area contributed by atoms with E-state index in [4.69, 9.17) is 4.98 Å². The van der Waals surface area contributed by atoms with Gasteiger partial charge in [0.1, 0.15) is 5.82 Å². The first kappa shape index (κ1) is 22.4. The standard InChI is InChI=1S/C33H29N5/c1-35-20-21-36(24-35)29-11-7-12-30(23-29)38-31-13-6-5-8-25(31)14-15-26-16-17-27(22-32(26)38)33-34-18-19-37(33)28-9-3-2-4-10-28/h2-13,16-23H,14-15,24H2,1H3. The molecule has 0 spiro atoms. The summed E-state index contributed by atoms with van der Waals surface area (Å²) < 4.78 is 2.16. The molecule has 0 unspecified atom stereocenters.